The molecule has 0 bridgehead atoms. The van der Waals surface area contributed by atoms with Crippen molar-refractivity contribution in [1.82, 2.24) is 9.88 Å². The molecule has 0 aliphatic rings. The largest absolute Gasteiger partial charge is 0.454 e. The fourth-order valence-electron chi connectivity index (χ4n) is 1.55. The van der Waals surface area contributed by atoms with Gasteiger partial charge in [0.15, 0.2) is 5.75 Å². The predicted molar refractivity (Wildman–Crippen MR) is 73.2 cm³/mol. The van der Waals surface area contributed by atoms with Crippen LogP contribution in [0.3, 0.4) is 0 Å². The molecule has 1 heterocycles. The van der Waals surface area contributed by atoms with Crippen molar-refractivity contribution in [3.8, 4) is 11.5 Å². The molecule has 2 N–H and O–H groups in total. The Bertz CT molecular complexity index is 582. The predicted octanol–water partition coefficient (Wildman–Crippen LogP) is 2.16. The number of carbonyl (C=O) groups excluding carboxylic acids is 1. The van der Waals surface area contributed by atoms with Gasteiger partial charge in [0, 0.05) is 25.9 Å². The molecule has 0 saturated heterocycles. The van der Waals surface area contributed by atoms with E-state index in [9.17, 15) is 4.79 Å². The molecule has 0 aliphatic carbocycles. The van der Waals surface area contributed by atoms with E-state index in [1.54, 1.807) is 56.8 Å². The lowest BCUT2D eigenvalue weighted by molar-refractivity contribution is 0.0827. The van der Waals surface area contributed by atoms with Gasteiger partial charge in [-0.15, -0.1) is 0 Å². The van der Waals surface area contributed by atoms with Gasteiger partial charge in [0.2, 0.25) is 0 Å². The summed E-state index contributed by atoms with van der Waals surface area (Å²) in [6.07, 6.45) is 3.24. The summed E-state index contributed by atoms with van der Waals surface area (Å²) in [5, 5.41) is 0. The summed E-state index contributed by atoms with van der Waals surface area (Å²) in [7, 11) is 3.39. The lowest BCUT2D eigenvalue weighted by Crippen LogP contribution is -2.21. The zero-order chi connectivity index (χ0) is 13.8. The number of amides is 1. The fraction of sp³-hybridized carbons (Fsp3) is 0.143. The second-order valence-electron chi connectivity index (χ2n) is 4.24. The first-order chi connectivity index (χ1) is 9.08. The lowest BCUT2D eigenvalue weighted by atomic mass is 10.1. The SMILES string of the molecule is CN(C)C(=O)c1ccc(N)c(Oc2cccnc2)c1. The molecule has 0 fully saturated rings. The van der Waals surface area contributed by atoms with Gasteiger partial charge in [0.05, 0.1) is 11.9 Å². The lowest BCUT2D eigenvalue weighted by Gasteiger charge is -2.13. The molecule has 0 spiro atoms. The molecule has 19 heavy (non-hydrogen) atoms. The van der Waals surface area contributed by atoms with Gasteiger partial charge in [-0.25, -0.2) is 0 Å². The van der Waals surface area contributed by atoms with Crippen LogP contribution in [0.2, 0.25) is 0 Å². The normalized spacial score (nSPS) is 10.0. The maximum Gasteiger partial charge on any atom is 0.253 e. The monoisotopic (exact) mass is 257 g/mol. The Labute approximate surface area is 111 Å². The van der Waals surface area contributed by atoms with Crippen molar-refractivity contribution in [1.29, 1.82) is 0 Å². The third-order valence-corrected chi connectivity index (χ3v) is 2.53. The third kappa shape index (κ3) is 3.01. The molecular formula is C14H15N3O2. The Morgan fingerprint density at radius 1 is 1.32 bits per heavy atom. The topological polar surface area (TPSA) is 68.5 Å². The number of ether oxygens (including phenoxy) is 1. The number of nitrogens with two attached hydrogens (primary N) is 1. The molecule has 0 unspecified atom stereocenters. The molecule has 2 rings (SSSR count). The molecule has 1 amide bonds. The summed E-state index contributed by atoms with van der Waals surface area (Å²) in [5.74, 6) is 0.917. The average molecular weight is 257 g/mol. The van der Waals surface area contributed by atoms with Crippen molar-refractivity contribution >= 4 is 11.6 Å². The number of rotatable bonds is 3. The van der Waals surface area contributed by atoms with Crippen LogP contribution >= 0.6 is 0 Å². The highest BCUT2D eigenvalue weighted by atomic mass is 16.5. The Hall–Kier alpha value is -2.56. The maximum atomic E-state index is 11.9. The Morgan fingerprint density at radius 2 is 2.11 bits per heavy atom. The smallest absolute Gasteiger partial charge is 0.253 e. The Kier molecular flexibility index (Phi) is 3.66. The van der Waals surface area contributed by atoms with E-state index >= 15 is 0 Å². The number of nitrogens with zero attached hydrogens (tertiary/aromatic N) is 2. The van der Waals surface area contributed by atoms with Crippen LogP contribution in [0.15, 0.2) is 42.7 Å². The molecule has 1 aromatic carbocycles. The van der Waals surface area contributed by atoms with Crippen molar-refractivity contribution < 1.29 is 9.53 Å². The average Bonchev–Trinajstić information content (AvgIpc) is 2.41. The number of nitrogen functional groups attached to an aromatic ring is 1. The highest BCUT2D eigenvalue weighted by Crippen LogP contribution is 2.28. The molecule has 2 aromatic rings. The summed E-state index contributed by atoms with van der Waals surface area (Å²) in [5.41, 5.74) is 6.84. The van der Waals surface area contributed by atoms with E-state index in [1.807, 2.05) is 0 Å². The first-order valence-corrected chi connectivity index (χ1v) is 5.77. The van der Waals surface area contributed by atoms with Crippen LogP contribution in [0, 0.1) is 0 Å². The fourth-order valence-corrected chi connectivity index (χ4v) is 1.55. The summed E-state index contributed by atoms with van der Waals surface area (Å²) < 4.78 is 5.62. The highest BCUT2D eigenvalue weighted by Gasteiger charge is 2.11. The van der Waals surface area contributed by atoms with E-state index in [1.165, 1.54) is 4.90 Å². The molecule has 1 aromatic heterocycles. The summed E-state index contributed by atoms with van der Waals surface area (Å²) >= 11 is 0. The summed E-state index contributed by atoms with van der Waals surface area (Å²) in [6.45, 7) is 0. The van der Waals surface area contributed by atoms with E-state index < -0.39 is 0 Å². The van der Waals surface area contributed by atoms with E-state index in [0.29, 0.717) is 22.7 Å². The van der Waals surface area contributed by atoms with E-state index in [0.717, 1.165) is 0 Å². The number of hydrogen-bond donors (Lipinski definition) is 1. The van der Waals surface area contributed by atoms with Gasteiger partial charge in [-0.3, -0.25) is 9.78 Å². The van der Waals surface area contributed by atoms with Crippen LogP contribution in [0.1, 0.15) is 10.4 Å². The van der Waals surface area contributed by atoms with Gasteiger partial charge in [0.1, 0.15) is 5.75 Å². The zero-order valence-corrected chi connectivity index (χ0v) is 10.8. The van der Waals surface area contributed by atoms with Crippen LogP contribution in [0.25, 0.3) is 0 Å². The van der Waals surface area contributed by atoms with E-state index in [4.69, 9.17) is 10.5 Å². The quantitative estimate of drug-likeness (QED) is 0.855. The van der Waals surface area contributed by atoms with Crippen LogP contribution in [0.5, 0.6) is 11.5 Å². The van der Waals surface area contributed by atoms with E-state index in [2.05, 4.69) is 4.98 Å². The zero-order valence-electron chi connectivity index (χ0n) is 10.8. The third-order valence-electron chi connectivity index (χ3n) is 2.53. The molecule has 0 saturated carbocycles. The number of carbonyl (C=O) groups is 1. The van der Waals surface area contributed by atoms with Crippen molar-refractivity contribution in [2.24, 2.45) is 0 Å². The Balaban J connectivity index is 2.30. The number of pyridine rings is 1. The van der Waals surface area contributed by atoms with Gasteiger partial charge < -0.3 is 15.4 Å². The molecule has 0 aliphatic heterocycles. The molecule has 5 heteroatoms. The van der Waals surface area contributed by atoms with Gasteiger partial charge in [-0.2, -0.15) is 0 Å². The number of benzene rings is 1. The van der Waals surface area contributed by atoms with Crippen molar-refractivity contribution in [3.05, 3.63) is 48.3 Å². The van der Waals surface area contributed by atoms with Gasteiger partial charge in [0.25, 0.3) is 5.91 Å². The standard InChI is InChI=1S/C14H15N3O2/c1-17(2)14(18)10-5-6-12(15)13(8-10)19-11-4-3-7-16-9-11/h3-9H,15H2,1-2H3. The maximum absolute atomic E-state index is 11.9. The van der Waals surface area contributed by atoms with Gasteiger partial charge in [-0.1, -0.05) is 0 Å². The van der Waals surface area contributed by atoms with Crippen LogP contribution in [0.4, 0.5) is 5.69 Å². The highest BCUT2D eigenvalue weighted by molar-refractivity contribution is 5.94. The molecule has 5 nitrogen and oxygen atoms in total. The van der Waals surface area contributed by atoms with Crippen LogP contribution < -0.4 is 10.5 Å². The minimum Gasteiger partial charge on any atom is -0.454 e. The minimum absolute atomic E-state index is 0.101. The first kappa shape index (κ1) is 12.9. The van der Waals surface area contributed by atoms with Crippen molar-refractivity contribution in [3.63, 3.8) is 0 Å². The van der Waals surface area contributed by atoms with Crippen LogP contribution in [-0.4, -0.2) is 29.9 Å². The number of hydrogen-bond acceptors (Lipinski definition) is 4. The molecule has 0 radical (unpaired) electrons. The van der Waals surface area contributed by atoms with Gasteiger partial charge >= 0.3 is 0 Å². The molecule has 0 atom stereocenters. The van der Waals surface area contributed by atoms with E-state index in [-0.39, 0.29) is 5.91 Å². The summed E-state index contributed by atoms with van der Waals surface area (Å²) in [4.78, 5) is 17.3. The first-order valence-electron chi connectivity index (χ1n) is 5.77. The second-order valence-corrected chi connectivity index (χ2v) is 4.24. The molecule has 98 valence electrons. The number of anilines is 1. The van der Waals surface area contributed by atoms with Crippen LogP contribution in [-0.2, 0) is 0 Å². The second kappa shape index (κ2) is 5.39. The number of aromatic nitrogens is 1. The molecular weight excluding hydrogens is 242 g/mol. The van der Waals surface area contributed by atoms with Crippen molar-refractivity contribution in [2.75, 3.05) is 19.8 Å². The minimum atomic E-state index is -0.101. The Morgan fingerprint density at radius 3 is 2.74 bits per heavy atom. The summed E-state index contributed by atoms with van der Waals surface area (Å²) in [6, 6.07) is 8.49. The van der Waals surface area contributed by atoms with Crippen molar-refractivity contribution in [2.45, 2.75) is 0 Å². The van der Waals surface area contributed by atoms with Gasteiger partial charge in [-0.05, 0) is 30.3 Å².